The summed E-state index contributed by atoms with van der Waals surface area (Å²) in [6.45, 7) is 0.00796. The van der Waals surface area contributed by atoms with E-state index < -0.39 is 10.0 Å². The quantitative estimate of drug-likeness (QED) is 0.659. The Hall–Kier alpha value is -1.76. The maximum atomic E-state index is 12.7. The molecule has 2 saturated carbocycles. The number of amides is 1. The molecular formula is C22H24Cl2N2O3S. The molecule has 2 aliphatic carbocycles. The SMILES string of the molecule is CS(=O)(=O)N(Cc1c(Cl)cccc1Cl)c1ccc(C(=O)N[C@H]2C[C@H]3CC[C@H]2C3)cc1. The summed E-state index contributed by atoms with van der Waals surface area (Å²) in [6, 6.07) is 11.9. The van der Waals surface area contributed by atoms with Gasteiger partial charge in [-0.3, -0.25) is 9.10 Å². The van der Waals surface area contributed by atoms with Crippen molar-refractivity contribution in [2.45, 2.75) is 38.3 Å². The number of carbonyl (C=O) groups is 1. The summed E-state index contributed by atoms with van der Waals surface area (Å²) in [5.74, 6) is 1.24. The Labute approximate surface area is 187 Å². The maximum Gasteiger partial charge on any atom is 0.251 e. The number of rotatable bonds is 6. The molecule has 0 spiro atoms. The van der Waals surface area contributed by atoms with Gasteiger partial charge < -0.3 is 5.32 Å². The molecule has 0 heterocycles. The Morgan fingerprint density at radius 1 is 1.07 bits per heavy atom. The fourth-order valence-electron chi connectivity index (χ4n) is 4.68. The summed E-state index contributed by atoms with van der Waals surface area (Å²) in [5.41, 5.74) is 1.50. The maximum absolute atomic E-state index is 12.7. The van der Waals surface area contributed by atoms with Crippen LogP contribution in [0.3, 0.4) is 0 Å². The highest BCUT2D eigenvalue weighted by Gasteiger charge is 2.40. The fourth-order valence-corrected chi connectivity index (χ4v) is 6.06. The molecule has 0 radical (unpaired) electrons. The zero-order valence-electron chi connectivity index (χ0n) is 16.6. The minimum absolute atomic E-state index is 0.00796. The van der Waals surface area contributed by atoms with Crippen molar-refractivity contribution in [2.24, 2.45) is 11.8 Å². The van der Waals surface area contributed by atoms with Crippen LogP contribution >= 0.6 is 23.2 Å². The van der Waals surface area contributed by atoms with E-state index in [9.17, 15) is 13.2 Å². The van der Waals surface area contributed by atoms with Gasteiger partial charge in [-0.2, -0.15) is 0 Å². The molecule has 8 heteroatoms. The number of hydrogen-bond acceptors (Lipinski definition) is 3. The molecule has 2 aromatic carbocycles. The Balaban J connectivity index is 1.52. The van der Waals surface area contributed by atoms with Gasteiger partial charge in [-0.25, -0.2) is 8.42 Å². The molecule has 2 fully saturated rings. The Morgan fingerprint density at radius 3 is 2.27 bits per heavy atom. The van der Waals surface area contributed by atoms with Crippen molar-refractivity contribution in [3.8, 4) is 0 Å². The molecule has 160 valence electrons. The number of nitrogens with zero attached hydrogens (tertiary/aromatic N) is 1. The van der Waals surface area contributed by atoms with Gasteiger partial charge in [0.1, 0.15) is 0 Å². The molecule has 1 N–H and O–H groups in total. The van der Waals surface area contributed by atoms with Gasteiger partial charge in [-0.15, -0.1) is 0 Å². The molecule has 0 unspecified atom stereocenters. The highest BCUT2D eigenvalue weighted by Crippen LogP contribution is 2.44. The van der Waals surface area contributed by atoms with Crippen LogP contribution < -0.4 is 9.62 Å². The third-order valence-electron chi connectivity index (χ3n) is 6.24. The van der Waals surface area contributed by atoms with Crippen molar-refractivity contribution < 1.29 is 13.2 Å². The van der Waals surface area contributed by atoms with Crippen LogP contribution in [-0.2, 0) is 16.6 Å². The Bertz CT molecular complexity index is 1040. The predicted octanol–water partition coefficient (Wildman–Crippen LogP) is 4.88. The van der Waals surface area contributed by atoms with Gasteiger partial charge >= 0.3 is 0 Å². The first-order chi connectivity index (χ1) is 14.2. The van der Waals surface area contributed by atoms with E-state index in [1.807, 2.05) is 0 Å². The third kappa shape index (κ3) is 4.46. The first-order valence-corrected chi connectivity index (χ1v) is 12.6. The van der Waals surface area contributed by atoms with Crippen LogP contribution in [0.4, 0.5) is 5.69 Å². The highest BCUT2D eigenvalue weighted by atomic mass is 35.5. The lowest BCUT2D eigenvalue weighted by Crippen LogP contribution is -2.38. The van der Waals surface area contributed by atoms with Crippen LogP contribution in [0.5, 0.6) is 0 Å². The van der Waals surface area contributed by atoms with Crippen molar-refractivity contribution in [1.82, 2.24) is 5.32 Å². The molecule has 0 aliphatic heterocycles. The lowest BCUT2D eigenvalue weighted by Gasteiger charge is -2.24. The van der Waals surface area contributed by atoms with Crippen molar-refractivity contribution >= 4 is 44.8 Å². The average Bonchev–Trinajstić information content (AvgIpc) is 3.30. The second kappa shape index (κ2) is 8.40. The monoisotopic (exact) mass is 466 g/mol. The summed E-state index contributed by atoms with van der Waals surface area (Å²) in [4.78, 5) is 12.7. The van der Waals surface area contributed by atoms with Gasteiger partial charge in [0.15, 0.2) is 0 Å². The van der Waals surface area contributed by atoms with Crippen molar-refractivity contribution in [1.29, 1.82) is 0 Å². The smallest absolute Gasteiger partial charge is 0.251 e. The summed E-state index contributed by atoms with van der Waals surface area (Å²) in [7, 11) is -3.59. The third-order valence-corrected chi connectivity index (χ3v) is 8.08. The van der Waals surface area contributed by atoms with Crippen LogP contribution in [0.15, 0.2) is 42.5 Å². The number of fused-ring (bicyclic) bond motifs is 2. The second-order valence-corrected chi connectivity index (χ2v) is 11.0. The molecule has 2 bridgehead atoms. The largest absolute Gasteiger partial charge is 0.349 e. The lowest BCUT2D eigenvalue weighted by atomic mass is 9.95. The molecule has 3 atom stereocenters. The minimum atomic E-state index is -3.59. The molecule has 2 aromatic rings. The van der Waals surface area contributed by atoms with Crippen molar-refractivity contribution in [2.75, 3.05) is 10.6 Å². The van der Waals surface area contributed by atoms with Crippen LogP contribution in [0, 0.1) is 11.8 Å². The fraction of sp³-hybridized carbons (Fsp3) is 0.409. The van der Waals surface area contributed by atoms with E-state index in [0.717, 1.165) is 18.6 Å². The molecule has 0 saturated heterocycles. The summed E-state index contributed by atoms with van der Waals surface area (Å²) in [6.07, 6.45) is 5.89. The van der Waals surface area contributed by atoms with Crippen LogP contribution in [0.1, 0.15) is 41.6 Å². The second-order valence-electron chi connectivity index (χ2n) is 8.27. The molecule has 5 nitrogen and oxygen atoms in total. The molecule has 0 aromatic heterocycles. The van der Waals surface area contributed by atoms with Gasteiger partial charge in [0.05, 0.1) is 18.5 Å². The van der Waals surface area contributed by atoms with E-state index >= 15 is 0 Å². The molecule has 4 rings (SSSR count). The van der Waals surface area contributed by atoms with Crippen LogP contribution in [0.2, 0.25) is 10.0 Å². The van der Waals surface area contributed by atoms with Gasteiger partial charge in [-0.05, 0) is 67.5 Å². The van der Waals surface area contributed by atoms with Crippen molar-refractivity contribution in [3.63, 3.8) is 0 Å². The van der Waals surface area contributed by atoms with Gasteiger partial charge in [0.2, 0.25) is 10.0 Å². The summed E-state index contributed by atoms with van der Waals surface area (Å²) >= 11 is 12.5. The van der Waals surface area contributed by atoms with E-state index in [2.05, 4.69) is 5.32 Å². The standard InChI is InChI=1S/C22H24Cl2N2O3S/c1-30(28,29)26(13-18-19(23)3-2-4-20(18)24)17-9-7-15(8-10-17)22(27)25-21-12-14-5-6-16(21)11-14/h2-4,7-10,14,16,21H,5-6,11-13H2,1H3,(H,25,27)/t14-,16-,21-/m0/s1. The van der Waals surface area contributed by atoms with Crippen LogP contribution in [-0.4, -0.2) is 26.6 Å². The van der Waals surface area contributed by atoms with E-state index in [4.69, 9.17) is 23.2 Å². The molecule has 30 heavy (non-hydrogen) atoms. The van der Waals surface area contributed by atoms with Crippen molar-refractivity contribution in [3.05, 3.63) is 63.6 Å². The Morgan fingerprint density at radius 2 is 1.73 bits per heavy atom. The molecule has 2 aliphatic rings. The van der Waals surface area contributed by atoms with Gasteiger partial charge in [-0.1, -0.05) is 35.7 Å². The number of benzene rings is 2. The predicted molar refractivity (Wildman–Crippen MR) is 121 cm³/mol. The number of halogens is 2. The van der Waals surface area contributed by atoms with Crippen LogP contribution in [0.25, 0.3) is 0 Å². The number of carbonyl (C=O) groups excluding carboxylic acids is 1. The topological polar surface area (TPSA) is 66.5 Å². The zero-order valence-corrected chi connectivity index (χ0v) is 19.0. The first kappa shape index (κ1) is 21.5. The number of nitrogens with one attached hydrogen (secondary N) is 1. The normalized spacial score (nSPS) is 22.8. The lowest BCUT2D eigenvalue weighted by molar-refractivity contribution is 0.0923. The van der Waals surface area contributed by atoms with E-state index in [-0.39, 0.29) is 18.5 Å². The minimum Gasteiger partial charge on any atom is -0.349 e. The zero-order chi connectivity index (χ0) is 21.5. The first-order valence-electron chi connectivity index (χ1n) is 10.0. The number of sulfonamides is 1. The molecular weight excluding hydrogens is 443 g/mol. The highest BCUT2D eigenvalue weighted by molar-refractivity contribution is 7.92. The summed E-state index contributed by atoms with van der Waals surface area (Å²) in [5, 5.41) is 3.96. The average molecular weight is 467 g/mol. The van der Waals surface area contributed by atoms with E-state index in [0.29, 0.717) is 32.8 Å². The number of hydrogen-bond donors (Lipinski definition) is 1. The molecule has 1 amide bonds. The van der Waals surface area contributed by atoms with Gasteiger partial charge in [0.25, 0.3) is 5.91 Å². The number of anilines is 1. The Kier molecular flexibility index (Phi) is 6.02. The summed E-state index contributed by atoms with van der Waals surface area (Å²) < 4.78 is 26.1. The van der Waals surface area contributed by atoms with E-state index in [1.165, 1.54) is 23.6 Å². The van der Waals surface area contributed by atoms with E-state index in [1.54, 1.807) is 42.5 Å². The van der Waals surface area contributed by atoms with Gasteiger partial charge in [0, 0.05) is 27.2 Å².